The summed E-state index contributed by atoms with van der Waals surface area (Å²) in [5.74, 6) is 1.07. The van der Waals surface area contributed by atoms with Crippen molar-refractivity contribution in [3.8, 4) is 0 Å². The molecule has 3 fully saturated rings. The number of aliphatic imine (C=N–C) groups is 1. The number of rotatable bonds is 3. The summed E-state index contributed by atoms with van der Waals surface area (Å²) in [5.41, 5.74) is 0.242. The predicted octanol–water partition coefficient (Wildman–Crippen LogP) is 2.26. The van der Waals surface area contributed by atoms with Crippen molar-refractivity contribution in [3.05, 3.63) is 0 Å². The van der Waals surface area contributed by atoms with Gasteiger partial charge in [0.05, 0.1) is 10.5 Å². The highest BCUT2D eigenvalue weighted by Crippen LogP contribution is 2.35. The van der Waals surface area contributed by atoms with E-state index >= 15 is 0 Å². The van der Waals surface area contributed by atoms with Gasteiger partial charge in [0.25, 0.3) is 0 Å². The molecule has 6 nitrogen and oxygen atoms in total. The molecule has 2 saturated heterocycles. The normalized spacial score (nSPS) is 28.7. The summed E-state index contributed by atoms with van der Waals surface area (Å²) in [7, 11) is -1.22. The largest absolute Gasteiger partial charge is 0.354 e. The van der Waals surface area contributed by atoms with E-state index in [0.717, 1.165) is 12.5 Å². The van der Waals surface area contributed by atoms with E-state index in [0.29, 0.717) is 13.1 Å². The van der Waals surface area contributed by atoms with Crippen molar-refractivity contribution in [1.82, 2.24) is 15.1 Å². The second kappa shape index (κ2) is 8.27. The maximum absolute atomic E-state index is 12.3. The Morgan fingerprint density at radius 1 is 1.00 bits per heavy atom. The van der Waals surface area contributed by atoms with Crippen LogP contribution in [0.25, 0.3) is 0 Å². The van der Waals surface area contributed by atoms with Crippen LogP contribution in [-0.4, -0.2) is 80.0 Å². The van der Waals surface area contributed by atoms with E-state index in [4.69, 9.17) is 0 Å². The first-order chi connectivity index (χ1) is 12.8. The van der Waals surface area contributed by atoms with Crippen molar-refractivity contribution in [2.45, 2.75) is 75.5 Å². The van der Waals surface area contributed by atoms with Gasteiger partial charge in [0.1, 0.15) is 0 Å². The summed E-state index contributed by atoms with van der Waals surface area (Å²) in [6, 6.07) is 0. The van der Waals surface area contributed by atoms with E-state index in [9.17, 15) is 8.42 Å². The lowest BCUT2D eigenvalue weighted by atomic mass is 9.79. The Kier molecular flexibility index (Phi) is 6.41. The average Bonchev–Trinajstić information content (AvgIpc) is 2.66. The van der Waals surface area contributed by atoms with Gasteiger partial charge in [-0.2, -0.15) is 0 Å². The number of hydrogen-bond acceptors (Lipinski definition) is 4. The van der Waals surface area contributed by atoms with Crippen molar-refractivity contribution < 1.29 is 8.42 Å². The van der Waals surface area contributed by atoms with E-state index in [-0.39, 0.29) is 11.3 Å². The lowest BCUT2D eigenvalue weighted by Gasteiger charge is -2.49. The zero-order valence-electron chi connectivity index (χ0n) is 17.5. The number of nitrogens with zero attached hydrogens (tertiary/aromatic N) is 3. The zero-order chi connectivity index (χ0) is 19.5. The van der Waals surface area contributed by atoms with Gasteiger partial charge in [-0.15, -0.1) is 0 Å². The highest BCUT2D eigenvalue weighted by Gasteiger charge is 2.42. The standard InChI is InChI=1S/C20H38N4O2S/c1-19(2)17-23(14-15-27(19,25)26)18(21-3)22-16-20(10-6-4-7-11-20)24-12-8-5-9-13-24/h4-17H2,1-3H3,(H,21,22). The molecule has 3 rings (SSSR count). The van der Waals surface area contributed by atoms with Gasteiger partial charge < -0.3 is 10.2 Å². The molecule has 2 aliphatic heterocycles. The third kappa shape index (κ3) is 4.44. The highest BCUT2D eigenvalue weighted by molar-refractivity contribution is 7.92. The lowest BCUT2D eigenvalue weighted by Crippen LogP contribution is -2.61. The van der Waals surface area contributed by atoms with Crippen molar-refractivity contribution in [2.75, 3.05) is 45.5 Å². The topological polar surface area (TPSA) is 65.0 Å². The predicted molar refractivity (Wildman–Crippen MR) is 112 cm³/mol. The first-order valence-corrected chi connectivity index (χ1v) is 12.4. The molecule has 0 bridgehead atoms. The van der Waals surface area contributed by atoms with Crippen LogP contribution in [0.3, 0.4) is 0 Å². The Bertz CT molecular complexity index is 632. The Hall–Kier alpha value is -0.820. The number of nitrogens with one attached hydrogen (secondary N) is 1. The fourth-order valence-electron chi connectivity index (χ4n) is 5.08. The molecule has 3 aliphatic rings. The molecule has 1 saturated carbocycles. The molecule has 0 unspecified atom stereocenters. The molecule has 2 heterocycles. The van der Waals surface area contributed by atoms with Gasteiger partial charge in [0.15, 0.2) is 15.8 Å². The molecular formula is C20H38N4O2S. The fourth-order valence-corrected chi connectivity index (χ4v) is 6.45. The molecule has 7 heteroatoms. The van der Waals surface area contributed by atoms with Crippen molar-refractivity contribution >= 4 is 15.8 Å². The van der Waals surface area contributed by atoms with Crippen LogP contribution in [0.4, 0.5) is 0 Å². The quantitative estimate of drug-likeness (QED) is 0.583. The third-order valence-corrected chi connectivity index (χ3v) is 9.47. The molecular weight excluding hydrogens is 360 g/mol. The minimum absolute atomic E-state index is 0.206. The second-order valence-corrected chi connectivity index (χ2v) is 12.0. The first kappa shape index (κ1) is 20.9. The van der Waals surface area contributed by atoms with Crippen LogP contribution in [0.5, 0.6) is 0 Å². The summed E-state index contributed by atoms with van der Waals surface area (Å²) < 4.78 is 23.9. The van der Waals surface area contributed by atoms with Gasteiger partial charge in [-0.1, -0.05) is 25.7 Å². The zero-order valence-corrected chi connectivity index (χ0v) is 18.3. The monoisotopic (exact) mass is 398 g/mol. The van der Waals surface area contributed by atoms with Crippen LogP contribution < -0.4 is 5.32 Å². The molecule has 0 radical (unpaired) electrons. The van der Waals surface area contributed by atoms with Crippen LogP contribution in [-0.2, 0) is 9.84 Å². The van der Waals surface area contributed by atoms with Crippen molar-refractivity contribution in [3.63, 3.8) is 0 Å². The van der Waals surface area contributed by atoms with Crippen LogP contribution >= 0.6 is 0 Å². The first-order valence-electron chi connectivity index (χ1n) is 10.7. The second-order valence-electron chi connectivity index (χ2n) is 9.23. The fraction of sp³-hybridized carbons (Fsp3) is 0.950. The Morgan fingerprint density at radius 3 is 2.22 bits per heavy atom. The van der Waals surface area contributed by atoms with E-state index in [1.165, 1.54) is 64.5 Å². The molecule has 1 aliphatic carbocycles. The van der Waals surface area contributed by atoms with Crippen LogP contribution in [0, 0.1) is 0 Å². The minimum atomic E-state index is -3.03. The van der Waals surface area contributed by atoms with E-state index < -0.39 is 14.6 Å². The molecule has 0 amide bonds. The van der Waals surface area contributed by atoms with Gasteiger partial charge in [0, 0.05) is 32.2 Å². The van der Waals surface area contributed by atoms with E-state index in [1.807, 2.05) is 20.9 Å². The average molecular weight is 399 g/mol. The smallest absolute Gasteiger partial charge is 0.193 e. The maximum Gasteiger partial charge on any atom is 0.193 e. The van der Waals surface area contributed by atoms with E-state index in [1.54, 1.807) is 0 Å². The number of piperidine rings is 1. The maximum atomic E-state index is 12.3. The van der Waals surface area contributed by atoms with Gasteiger partial charge in [-0.3, -0.25) is 9.89 Å². The van der Waals surface area contributed by atoms with Gasteiger partial charge >= 0.3 is 0 Å². The number of likely N-dealkylation sites (tertiary alicyclic amines) is 1. The molecule has 0 spiro atoms. The SMILES string of the molecule is CN=C(NCC1(N2CCCCC2)CCCCC1)N1CCS(=O)(=O)C(C)(C)C1. The van der Waals surface area contributed by atoms with Crippen molar-refractivity contribution in [1.29, 1.82) is 0 Å². The Labute approximate surface area is 165 Å². The summed E-state index contributed by atoms with van der Waals surface area (Å²) in [6.45, 7) is 8.05. The number of sulfone groups is 1. The molecule has 0 aromatic rings. The number of hydrogen-bond donors (Lipinski definition) is 1. The van der Waals surface area contributed by atoms with Crippen LogP contribution in [0.2, 0.25) is 0 Å². The van der Waals surface area contributed by atoms with Gasteiger partial charge in [0.2, 0.25) is 0 Å². The van der Waals surface area contributed by atoms with E-state index in [2.05, 4.69) is 20.1 Å². The van der Waals surface area contributed by atoms with Crippen LogP contribution in [0.15, 0.2) is 4.99 Å². The minimum Gasteiger partial charge on any atom is -0.354 e. The van der Waals surface area contributed by atoms with Crippen LogP contribution in [0.1, 0.15) is 65.2 Å². The lowest BCUT2D eigenvalue weighted by molar-refractivity contribution is 0.0363. The summed E-state index contributed by atoms with van der Waals surface area (Å²) in [4.78, 5) is 9.37. The summed E-state index contributed by atoms with van der Waals surface area (Å²) >= 11 is 0. The van der Waals surface area contributed by atoms with Crippen molar-refractivity contribution in [2.24, 2.45) is 4.99 Å². The van der Waals surface area contributed by atoms with Gasteiger partial charge in [-0.25, -0.2) is 8.42 Å². The summed E-state index contributed by atoms with van der Waals surface area (Å²) in [6.07, 6.45) is 10.5. The Balaban J connectivity index is 1.68. The van der Waals surface area contributed by atoms with Gasteiger partial charge in [-0.05, 0) is 52.6 Å². The third-order valence-electron chi connectivity index (χ3n) is 6.94. The molecule has 156 valence electrons. The number of guanidine groups is 1. The molecule has 0 atom stereocenters. The molecule has 27 heavy (non-hydrogen) atoms. The molecule has 1 N–H and O–H groups in total. The molecule has 0 aromatic heterocycles. The highest BCUT2D eigenvalue weighted by atomic mass is 32.2. The molecule has 0 aromatic carbocycles. The summed E-state index contributed by atoms with van der Waals surface area (Å²) in [5, 5.41) is 3.65. The Morgan fingerprint density at radius 2 is 1.63 bits per heavy atom.